The first-order valence-electron chi connectivity index (χ1n) is 17.0. The molecule has 0 atom stereocenters. The van der Waals surface area contributed by atoms with Crippen molar-refractivity contribution in [2.75, 3.05) is 24.2 Å². The summed E-state index contributed by atoms with van der Waals surface area (Å²) in [5.74, 6) is 1.23. The average molecular weight is 692 g/mol. The van der Waals surface area contributed by atoms with Crippen molar-refractivity contribution in [2.24, 2.45) is 5.92 Å². The molecule has 1 saturated heterocycles. The number of benzene rings is 4. The maximum Gasteiger partial charge on any atom is 0.176 e. The van der Waals surface area contributed by atoms with Crippen molar-refractivity contribution in [3.05, 3.63) is 161 Å². The largest absolute Gasteiger partial charge is 0.356 e. The Balaban J connectivity index is 1.17. The lowest BCUT2D eigenvalue weighted by Crippen LogP contribution is -2.38. The number of carbonyl (C=O) groups excluding carboxylic acids is 1. The number of aryl methyl sites for hydroxylation is 1. The van der Waals surface area contributed by atoms with Crippen molar-refractivity contribution in [3.63, 3.8) is 0 Å². The van der Waals surface area contributed by atoms with Gasteiger partial charge < -0.3 is 4.90 Å². The van der Waals surface area contributed by atoms with Gasteiger partial charge in [0.25, 0.3) is 0 Å². The topological polar surface area (TPSA) is 63.9 Å². The molecule has 0 unspecified atom stereocenters. The van der Waals surface area contributed by atoms with Gasteiger partial charge in [-0.1, -0.05) is 97.1 Å². The van der Waals surface area contributed by atoms with E-state index < -0.39 is 5.54 Å². The number of aromatic nitrogens is 4. The van der Waals surface area contributed by atoms with Gasteiger partial charge in [-0.3, -0.25) is 9.48 Å². The Morgan fingerprint density at radius 3 is 2.00 bits per heavy atom. The van der Waals surface area contributed by atoms with Crippen molar-refractivity contribution in [1.82, 2.24) is 19.7 Å². The molecule has 7 aromatic rings. The van der Waals surface area contributed by atoms with Gasteiger partial charge in [0.2, 0.25) is 0 Å². The molecule has 6 nitrogen and oxygen atoms in total. The van der Waals surface area contributed by atoms with E-state index in [-0.39, 0.29) is 11.7 Å². The zero-order chi connectivity index (χ0) is 34.1. The lowest BCUT2D eigenvalue weighted by atomic mass is 9.77. The second kappa shape index (κ2) is 13.7. The summed E-state index contributed by atoms with van der Waals surface area (Å²) in [5, 5.41) is 6.29. The molecule has 1 aliphatic rings. The number of thioether (sulfide) groups is 1. The average Bonchev–Trinajstić information content (AvgIpc) is 3.83. The number of ketones is 1. The quantitative estimate of drug-likeness (QED) is 0.0854. The second-order valence-electron chi connectivity index (χ2n) is 12.8. The van der Waals surface area contributed by atoms with Crippen molar-refractivity contribution >= 4 is 45.6 Å². The molecule has 1 fully saturated rings. The molecule has 50 heavy (non-hydrogen) atoms. The first-order chi connectivity index (χ1) is 24.6. The molecule has 0 aliphatic carbocycles. The third kappa shape index (κ3) is 5.72. The Morgan fingerprint density at radius 1 is 0.800 bits per heavy atom. The minimum absolute atomic E-state index is 0.0378. The van der Waals surface area contributed by atoms with E-state index in [1.807, 2.05) is 6.07 Å². The van der Waals surface area contributed by atoms with Crippen LogP contribution in [0.15, 0.2) is 138 Å². The number of piperidine rings is 1. The van der Waals surface area contributed by atoms with Gasteiger partial charge in [-0.2, -0.15) is 5.10 Å². The van der Waals surface area contributed by atoms with Gasteiger partial charge >= 0.3 is 0 Å². The van der Waals surface area contributed by atoms with E-state index in [2.05, 4.69) is 149 Å². The molecular formula is C42H37N5OS2. The summed E-state index contributed by atoms with van der Waals surface area (Å²) in [7, 11) is 0. The predicted molar refractivity (Wildman–Crippen MR) is 205 cm³/mol. The highest BCUT2D eigenvalue weighted by Gasteiger charge is 2.40. The smallest absolute Gasteiger partial charge is 0.176 e. The number of thiophene rings is 1. The fourth-order valence-electron chi connectivity index (χ4n) is 7.43. The van der Waals surface area contributed by atoms with E-state index in [4.69, 9.17) is 10.1 Å². The molecule has 4 aromatic carbocycles. The molecule has 8 heteroatoms. The third-order valence-electron chi connectivity index (χ3n) is 9.93. The fourth-order valence-corrected chi connectivity index (χ4v) is 8.99. The highest BCUT2D eigenvalue weighted by molar-refractivity contribution is 8.00. The summed E-state index contributed by atoms with van der Waals surface area (Å²) < 4.78 is 3.32. The normalized spacial score (nSPS) is 13.9. The molecule has 4 heterocycles. The van der Waals surface area contributed by atoms with E-state index in [0.29, 0.717) is 0 Å². The molecule has 8 rings (SSSR count). The molecule has 0 bridgehead atoms. The van der Waals surface area contributed by atoms with E-state index in [0.717, 1.165) is 81.0 Å². The number of hydrogen-bond acceptors (Lipinski definition) is 7. The van der Waals surface area contributed by atoms with Gasteiger partial charge in [0, 0.05) is 36.2 Å². The molecule has 0 N–H and O–H groups in total. The lowest BCUT2D eigenvalue weighted by molar-refractivity contribution is 0.0904. The summed E-state index contributed by atoms with van der Waals surface area (Å²) in [6, 6.07) is 42.4. The Labute approximate surface area is 300 Å². The van der Waals surface area contributed by atoms with Crippen molar-refractivity contribution in [2.45, 2.75) is 29.5 Å². The van der Waals surface area contributed by atoms with Crippen molar-refractivity contribution < 1.29 is 4.79 Å². The Bertz CT molecular complexity index is 2160. The van der Waals surface area contributed by atoms with E-state index in [9.17, 15) is 4.79 Å². The summed E-state index contributed by atoms with van der Waals surface area (Å²) in [6.45, 7) is 3.64. The monoisotopic (exact) mass is 691 g/mol. The van der Waals surface area contributed by atoms with Crippen LogP contribution in [0.2, 0.25) is 0 Å². The summed E-state index contributed by atoms with van der Waals surface area (Å²) >= 11 is 3.30. The number of Topliss-reactive ketones (excluding diaryl/α,β-unsaturated/α-hetero) is 1. The molecule has 3 aromatic heterocycles. The standard InChI is InChI=1S/C42H37N5OS2/c1-29-36(27-47(45-29)42(32-12-6-3-7-13-32,33-14-8-4-9-15-33)34-16-10-5-11-17-34)31-18-19-37-35(26-31)41(44-28-43-37)46-24-22-30(23-25-46)40(48)38-20-21-39(49-2)50-38/h3-21,26-28,30H,22-25H2,1-2H3. The summed E-state index contributed by atoms with van der Waals surface area (Å²) in [4.78, 5) is 25.9. The Morgan fingerprint density at radius 2 is 1.42 bits per heavy atom. The summed E-state index contributed by atoms with van der Waals surface area (Å²) in [6.07, 6.45) is 7.52. The van der Waals surface area contributed by atoms with Crippen molar-refractivity contribution in [3.8, 4) is 11.1 Å². The fraction of sp³-hybridized carbons (Fsp3) is 0.190. The predicted octanol–water partition coefficient (Wildman–Crippen LogP) is 9.52. The highest BCUT2D eigenvalue weighted by Crippen LogP contribution is 2.42. The number of rotatable bonds is 9. The highest BCUT2D eigenvalue weighted by atomic mass is 32.2. The number of hydrogen-bond donors (Lipinski definition) is 0. The van der Waals surface area contributed by atoms with Gasteiger partial charge in [-0.15, -0.1) is 23.1 Å². The first-order valence-corrected chi connectivity index (χ1v) is 19.0. The van der Waals surface area contributed by atoms with E-state index >= 15 is 0 Å². The number of fused-ring (bicyclic) bond motifs is 1. The SMILES string of the molecule is CSc1ccc(C(=O)C2CCN(c3ncnc4ccc(-c5cn(C(c6ccccc6)(c6ccccc6)c6ccccc6)nc5C)cc34)CC2)s1. The van der Waals surface area contributed by atoms with Crippen LogP contribution in [-0.2, 0) is 5.54 Å². The van der Waals surface area contributed by atoms with E-state index in [1.165, 1.54) is 4.21 Å². The van der Waals surface area contributed by atoms with Crippen LogP contribution in [0.4, 0.5) is 5.82 Å². The van der Waals surface area contributed by atoms with Gasteiger partial charge in [-0.25, -0.2) is 9.97 Å². The first kappa shape index (κ1) is 32.2. The van der Waals surface area contributed by atoms with Gasteiger partial charge in [0.15, 0.2) is 5.78 Å². The number of anilines is 1. The Hall–Kier alpha value is -5.05. The maximum atomic E-state index is 13.3. The molecular weight excluding hydrogens is 655 g/mol. The zero-order valence-corrected chi connectivity index (χ0v) is 29.7. The number of nitrogens with zero attached hydrogens (tertiary/aromatic N) is 5. The Kier molecular flexibility index (Phi) is 8.81. The minimum atomic E-state index is -0.695. The van der Waals surface area contributed by atoms with Crippen LogP contribution in [0.25, 0.3) is 22.0 Å². The second-order valence-corrected chi connectivity index (χ2v) is 14.9. The number of carbonyl (C=O) groups is 1. The summed E-state index contributed by atoms with van der Waals surface area (Å²) in [5.41, 5.74) is 6.65. The van der Waals surface area contributed by atoms with Gasteiger partial charge in [0.1, 0.15) is 17.7 Å². The van der Waals surface area contributed by atoms with Crippen LogP contribution in [0.3, 0.4) is 0 Å². The molecule has 0 amide bonds. The maximum absolute atomic E-state index is 13.3. The van der Waals surface area contributed by atoms with Crippen LogP contribution in [0.5, 0.6) is 0 Å². The van der Waals surface area contributed by atoms with Crippen molar-refractivity contribution in [1.29, 1.82) is 0 Å². The van der Waals surface area contributed by atoms with Crippen LogP contribution >= 0.6 is 23.1 Å². The molecule has 0 spiro atoms. The van der Waals surface area contributed by atoms with Crippen LogP contribution in [0.1, 0.15) is 44.9 Å². The van der Waals surface area contributed by atoms with Crippen LogP contribution in [-0.4, -0.2) is 44.9 Å². The minimum Gasteiger partial charge on any atom is -0.356 e. The zero-order valence-electron chi connectivity index (χ0n) is 28.1. The molecule has 0 radical (unpaired) electrons. The van der Waals surface area contributed by atoms with Gasteiger partial charge in [0.05, 0.1) is 20.3 Å². The van der Waals surface area contributed by atoms with E-state index in [1.54, 1.807) is 29.4 Å². The lowest BCUT2D eigenvalue weighted by Gasteiger charge is -2.36. The van der Waals surface area contributed by atoms with Crippen LogP contribution < -0.4 is 4.90 Å². The van der Waals surface area contributed by atoms with Gasteiger partial charge in [-0.05, 0) is 72.5 Å². The molecule has 0 saturated carbocycles. The third-order valence-corrected chi connectivity index (χ3v) is 12.1. The molecule has 248 valence electrons. The van der Waals surface area contributed by atoms with Crippen LogP contribution in [0, 0.1) is 12.8 Å². The molecule has 1 aliphatic heterocycles.